The zero-order chi connectivity index (χ0) is 17.8. The standard InChI is InChI=1S/C10H14BNO3/c13-11(14)9-2-1-3-10(8-9)12-4-6-15-7-5-12/h1-3,8,13-14H,4-7H2/i4D2,5D2,6D2,7D2. The van der Waals surface area contributed by atoms with E-state index in [2.05, 4.69) is 4.74 Å². The van der Waals surface area contributed by atoms with E-state index in [1.165, 1.54) is 18.2 Å². The van der Waals surface area contributed by atoms with E-state index in [0.29, 0.717) is 0 Å². The molecule has 0 radical (unpaired) electrons. The molecule has 0 aliphatic carbocycles. The molecular weight excluding hydrogens is 193 g/mol. The molecule has 1 heterocycles. The number of hydrogen-bond donors (Lipinski definition) is 2. The molecule has 0 spiro atoms. The Morgan fingerprint density at radius 2 is 2.07 bits per heavy atom. The summed E-state index contributed by atoms with van der Waals surface area (Å²) in [4.78, 5) is 0.273. The molecule has 1 aromatic carbocycles. The average molecular weight is 215 g/mol. The molecule has 15 heavy (non-hydrogen) atoms. The van der Waals surface area contributed by atoms with Gasteiger partial charge in [-0.15, -0.1) is 0 Å². The van der Waals surface area contributed by atoms with Gasteiger partial charge >= 0.3 is 7.12 Å². The second kappa shape index (κ2) is 4.66. The molecule has 80 valence electrons. The summed E-state index contributed by atoms with van der Waals surface area (Å²) in [7, 11) is -1.90. The van der Waals surface area contributed by atoms with Crippen molar-refractivity contribution < 1.29 is 25.8 Å². The van der Waals surface area contributed by atoms with Gasteiger partial charge in [-0.05, 0) is 17.6 Å². The second-order valence-electron chi connectivity index (χ2n) is 2.83. The van der Waals surface area contributed by atoms with Gasteiger partial charge in [0.05, 0.1) is 24.1 Å². The van der Waals surface area contributed by atoms with E-state index in [4.69, 9.17) is 11.0 Å². The van der Waals surface area contributed by atoms with Gasteiger partial charge in [-0.2, -0.15) is 0 Å². The summed E-state index contributed by atoms with van der Waals surface area (Å²) >= 11 is 0. The van der Waals surface area contributed by atoms with Gasteiger partial charge < -0.3 is 19.7 Å². The van der Waals surface area contributed by atoms with Crippen LogP contribution < -0.4 is 10.4 Å². The van der Waals surface area contributed by atoms with Gasteiger partial charge in [0.25, 0.3) is 0 Å². The lowest BCUT2D eigenvalue weighted by Crippen LogP contribution is -2.37. The minimum Gasteiger partial charge on any atom is -0.423 e. The first-order valence-corrected chi connectivity index (χ1v) is 4.21. The van der Waals surface area contributed by atoms with Crippen LogP contribution in [0.3, 0.4) is 0 Å². The molecule has 0 atom stereocenters. The van der Waals surface area contributed by atoms with E-state index < -0.39 is 33.2 Å². The molecule has 1 saturated heterocycles. The van der Waals surface area contributed by atoms with Crippen LogP contribution in [-0.4, -0.2) is 43.3 Å². The van der Waals surface area contributed by atoms with Crippen LogP contribution >= 0.6 is 0 Å². The normalized spacial score (nSPS) is 37.9. The predicted molar refractivity (Wildman–Crippen MR) is 59.3 cm³/mol. The second-order valence-corrected chi connectivity index (χ2v) is 2.83. The lowest BCUT2D eigenvalue weighted by Gasteiger charge is -2.29. The third kappa shape index (κ3) is 2.50. The minimum atomic E-state index is -3.16. The fourth-order valence-electron chi connectivity index (χ4n) is 1.14. The lowest BCUT2D eigenvalue weighted by atomic mass is 9.80. The van der Waals surface area contributed by atoms with E-state index >= 15 is 0 Å². The van der Waals surface area contributed by atoms with Gasteiger partial charge in [-0.3, -0.25) is 0 Å². The van der Waals surface area contributed by atoms with Crippen molar-refractivity contribution in [1.29, 1.82) is 0 Å². The first kappa shape index (κ1) is 4.45. The van der Waals surface area contributed by atoms with E-state index in [0.717, 1.165) is 6.07 Å². The number of nitrogens with zero attached hydrogens (tertiary/aromatic N) is 1. The molecule has 1 aliphatic heterocycles. The van der Waals surface area contributed by atoms with E-state index in [-0.39, 0.29) is 16.1 Å². The van der Waals surface area contributed by atoms with Crippen molar-refractivity contribution in [2.24, 2.45) is 0 Å². The molecule has 1 fully saturated rings. The van der Waals surface area contributed by atoms with Crippen LogP contribution in [0.25, 0.3) is 0 Å². The monoisotopic (exact) mass is 215 g/mol. The Balaban J connectivity index is 2.66. The third-order valence-corrected chi connectivity index (χ3v) is 1.84. The number of morpholine rings is 1. The molecule has 0 saturated carbocycles. The van der Waals surface area contributed by atoms with E-state index in [1.54, 1.807) is 0 Å². The first-order chi connectivity index (χ1) is 10.2. The highest BCUT2D eigenvalue weighted by Gasteiger charge is 2.15. The van der Waals surface area contributed by atoms with E-state index in [1.807, 2.05) is 0 Å². The predicted octanol–water partition coefficient (Wildman–Crippen LogP) is -0.797. The van der Waals surface area contributed by atoms with Crippen LogP contribution in [0.1, 0.15) is 11.0 Å². The maximum absolute atomic E-state index is 9.19. The quantitative estimate of drug-likeness (QED) is 0.634. The van der Waals surface area contributed by atoms with E-state index in [9.17, 15) is 10.0 Å². The Kier molecular flexibility index (Phi) is 1.38. The molecule has 1 aliphatic rings. The van der Waals surface area contributed by atoms with Gasteiger partial charge in [0.15, 0.2) is 0 Å². The maximum Gasteiger partial charge on any atom is 0.488 e. The largest absolute Gasteiger partial charge is 0.488 e. The highest BCUT2D eigenvalue weighted by molar-refractivity contribution is 6.58. The fourth-order valence-corrected chi connectivity index (χ4v) is 1.14. The zero-order valence-corrected chi connectivity index (χ0v) is 7.64. The number of anilines is 1. The van der Waals surface area contributed by atoms with Crippen molar-refractivity contribution in [2.75, 3.05) is 31.0 Å². The minimum absolute atomic E-state index is 0.0817. The summed E-state index contributed by atoms with van der Waals surface area (Å²) in [6, 6.07) is 4.83. The van der Waals surface area contributed by atoms with Gasteiger partial charge in [0.2, 0.25) is 0 Å². The smallest absolute Gasteiger partial charge is 0.423 e. The van der Waals surface area contributed by atoms with Gasteiger partial charge in [-0.25, -0.2) is 0 Å². The van der Waals surface area contributed by atoms with Gasteiger partial charge in [-0.1, -0.05) is 12.1 Å². The molecule has 2 rings (SSSR count). The highest BCUT2D eigenvalue weighted by atomic mass is 16.5. The van der Waals surface area contributed by atoms with Crippen LogP contribution in [0.2, 0.25) is 0 Å². The molecule has 4 nitrogen and oxygen atoms in total. The zero-order valence-electron chi connectivity index (χ0n) is 15.6. The molecule has 0 amide bonds. The van der Waals surface area contributed by atoms with Crippen molar-refractivity contribution in [1.82, 2.24) is 0 Å². The number of ether oxygens (including phenoxy) is 1. The Bertz CT molecular complexity index is 586. The molecule has 0 aromatic heterocycles. The van der Waals surface area contributed by atoms with Gasteiger partial charge in [0, 0.05) is 18.7 Å². The molecule has 0 unspecified atom stereocenters. The van der Waals surface area contributed by atoms with Crippen LogP contribution in [0.15, 0.2) is 24.3 Å². The van der Waals surface area contributed by atoms with Crippen molar-refractivity contribution in [2.45, 2.75) is 0 Å². The topological polar surface area (TPSA) is 52.9 Å². The fraction of sp³-hybridized carbons (Fsp3) is 0.400. The van der Waals surface area contributed by atoms with Crippen molar-refractivity contribution in [3.8, 4) is 0 Å². The molecule has 1 aromatic rings. The molecule has 5 heteroatoms. The SMILES string of the molecule is [2H]C1([2H])OC([2H])([2H])C([2H])([2H])N(c2cccc(B(O)O)c2)C1([2H])[2H]. The number of hydrogen-bond acceptors (Lipinski definition) is 4. The maximum atomic E-state index is 9.19. The Labute approximate surface area is 100 Å². The summed E-state index contributed by atoms with van der Waals surface area (Å²) in [5.41, 5.74) is -0.344. The number of rotatable bonds is 2. The lowest BCUT2D eigenvalue weighted by molar-refractivity contribution is 0.122. The third-order valence-electron chi connectivity index (χ3n) is 1.84. The summed E-state index contributed by atoms with van der Waals surface area (Å²) in [6.45, 7) is -12.5. The summed E-state index contributed by atoms with van der Waals surface area (Å²) in [5.74, 6) is 0. The van der Waals surface area contributed by atoms with Crippen molar-refractivity contribution in [3.05, 3.63) is 24.3 Å². The van der Waals surface area contributed by atoms with Crippen LogP contribution in [0.5, 0.6) is 0 Å². The summed E-state index contributed by atoms with van der Waals surface area (Å²) < 4.78 is 66.4. The Morgan fingerprint density at radius 3 is 2.73 bits per heavy atom. The Hall–Kier alpha value is -1.04. The first-order valence-electron chi connectivity index (χ1n) is 8.21. The van der Waals surface area contributed by atoms with Crippen LogP contribution in [0.4, 0.5) is 5.69 Å². The van der Waals surface area contributed by atoms with Crippen LogP contribution in [-0.2, 0) is 4.74 Å². The highest BCUT2D eigenvalue weighted by Crippen LogP contribution is 2.13. The average Bonchev–Trinajstić information content (AvgIpc) is 2.35. The van der Waals surface area contributed by atoms with Gasteiger partial charge in [0.1, 0.15) is 0 Å². The summed E-state index contributed by atoms with van der Waals surface area (Å²) in [5, 5.41) is 18.4. The molecule has 0 bridgehead atoms. The number of benzene rings is 1. The Morgan fingerprint density at radius 1 is 1.33 bits per heavy atom. The molecular formula is C10H14BNO3. The van der Waals surface area contributed by atoms with Crippen molar-refractivity contribution >= 4 is 18.3 Å². The summed E-state index contributed by atoms with van der Waals surface area (Å²) in [6.07, 6.45) is 0. The van der Waals surface area contributed by atoms with Crippen molar-refractivity contribution in [3.63, 3.8) is 0 Å². The van der Waals surface area contributed by atoms with Crippen LogP contribution in [0, 0.1) is 0 Å². The molecule has 2 N–H and O–H groups in total.